The summed E-state index contributed by atoms with van der Waals surface area (Å²) in [5.74, 6) is -0.818. The van der Waals surface area contributed by atoms with Crippen molar-refractivity contribution >= 4 is 23.5 Å². The van der Waals surface area contributed by atoms with Crippen LogP contribution >= 0.6 is 11.6 Å². The molecule has 1 aromatic heterocycles. The molecule has 1 saturated heterocycles. The highest BCUT2D eigenvalue weighted by Crippen LogP contribution is 2.24. The van der Waals surface area contributed by atoms with Crippen molar-refractivity contribution in [2.75, 3.05) is 19.7 Å². The number of nitrogens with zero attached hydrogens (tertiary/aromatic N) is 2. The third kappa shape index (κ3) is 4.58. The normalized spacial score (nSPS) is 21.0. The third-order valence-electron chi connectivity index (χ3n) is 3.43. The van der Waals surface area contributed by atoms with Crippen molar-refractivity contribution in [3.63, 3.8) is 0 Å². The number of aliphatic carboxylic acids is 1. The van der Waals surface area contributed by atoms with Gasteiger partial charge in [0, 0.05) is 12.7 Å². The van der Waals surface area contributed by atoms with Gasteiger partial charge in [-0.3, -0.25) is 4.79 Å². The number of amides is 1. The summed E-state index contributed by atoms with van der Waals surface area (Å²) in [5.41, 5.74) is 0.287. The summed E-state index contributed by atoms with van der Waals surface area (Å²) in [7, 11) is 0. The van der Waals surface area contributed by atoms with Gasteiger partial charge in [-0.15, -0.1) is 0 Å². The number of halogens is 1. The van der Waals surface area contributed by atoms with E-state index in [0.717, 1.165) is 0 Å². The van der Waals surface area contributed by atoms with Gasteiger partial charge < -0.3 is 19.5 Å². The Morgan fingerprint density at radius 1 is 1.50 bits per heavy atom. The van der Waals surface area contributed by atoms with E-state index in [9.17, 15) is 9.59 Å². The minimum atomic E-state index is -1.09. The lowest BCUT2D eigenvalue weighted by Crippen LogP contribution is -2.51. The topological polar surface area (TPSA) is 89.0 Å². The lowest BCUT2D eigenvalue weighted by Gasteiger charge is -2.34. The lowest BCUT2D eigenvalue weighted by atomic mass is 10.1. The van der Waals surface area contributed by atoms with E-state index in [1.807, 2.05) is 13.8 Å². The number of aromatic nitrogens is 1. The highest BCUT2D eigenvalue weighted by atomic mass is 35.5. The summed E-state index contributed by atoms with van der Waals surface area (Å²) in [4.78, 5) is 29.2. The minimum Gasteiger partial charge on any atom is -0.479 e. The van der Waals surface area contributed by atoms with Crippen molar-refractivity contribution in [2.24, 2.45) is 5.92 Å². The van der Waals surface area contributed by atoms with E-state index < -0.39 is 12.1 Å². The molecule has 1 unspecified atom stereocenters. The molecule has 132 valence electrons. The minimum absolute atomic E-state index is 0.0122. The highest BCUT2D eigenvalue weighted by Gasteiger charge is 2.33. The van der Waals surface area contributed by atoms with Crippen LogP contribution in [0.15, 0.2) is 12.3 Å². The zero-order valence-corrected chi connectivity index (χ0v) is 14.6. The van der Waals surface area contributed by atoms with E-state index in [1.165, 1.54) is 17.2 Å². The van der Waals surface area contributed by atoms with Gasteiger partial charge in [-0.25, -0.2) is 9.78 Å². The smallest absolute Gasteiger partial charge is 0.334 e. The fourth-order valence-corrected chi connectivity index (χ4v) is 2.55. The Balaban J connectivity index is 2.11. The van der Waals surface area contributed by atoms with E-state index in [-0.39, 0.29) is 35.0 Å². The van der Waals surface area contributed by atoms with Crippen LogP contribution in [-0.4, -0.2) is 58.8 Å². The molecule has 0 bridgehead atoms. The van der Waals surface area contributed by atoms with Crippen molar-refractivity contribution < 1.29 is 24.2 Å². The van der Waals surface area contributed by atoms with Crippen molar-refractivity contribution in [1.29, 1.82) is 0 Å². The number of hydrogen-bond donors (Lipinski definition) is 1. The van der Waals surface area contributed by atoms with Crippen molar-refractivity contribution in [1.82, 2.24) is 9.88 Å². The van der Waals surface area contributed by atoms with Gasteiger partial charge in [-0.2, -0.15) is 0 Å². The number of carboxylic acid groups (broad SMARTS) is 1. The van der Waals surface area contributed by atoms with E-state index >= 15 is 0 Å². The SMILES string of the molecule is CC(C)COc1ncc(C(=O)N2CC(C(=O)O)O[C@H](C)C2)cc1Cl. The summed E-state index contributed by atoms with van der Waals surface area (Å²) in [6, 6.07) is 1.49. The molecule has 0 radical (unpaired) electrons. The van der Waals surface area contributed by atoms with Crippen LogP contribution in [-0.2, 0) is 9.53 Å². The lowest BCUT2D eigenvalue weighted by molar-refractivity contribution is -0.160. The second-order valence-electron chi connectivity index (χ2n) is 6.20. The fraction of sp³-hybridized carbons (Fsp3) is 0.562. The Morgan fingerprint density at radius 3 is 2.79 bits per heavy atom. The number of hydrogen-bond acceptors (Lipinski definition) is 5. The number of carbonyl (C=O) groups excluding carboxylic acids is 1. The maximum Gasteiger partial charge on any atom is 0.334 e. The molecule has 1 aromatic rings. The van der Waals surface area contributed by atoms with Crippen LogP contribution in [0.1, 0.15) is 31.1 Å². The van der Waals surface area contributed by atoms with Crippen molar-refractivity contribution in [2.45, 2.75) is 33.0 Å². The second-order valence-corrected chi connectivity index (χ2v) is 6.61. The van der Waals surface area contributed by atoms with E-state index in [1.54, 1.807) is 6.92 Å². The molecule has 2 rings (SSSR count). The van der Waals surface area contributed by atoms with Crippen LogP contribution in [0.25, 0.3) is 0 Å². The van der Waals surface area contributed by atoms with Crippen LogP contribution in [0.3, 0.4) is 0 Å². The number of rotatable bonds is 5. The molecule has 0 aliphatic carbocycles. The molecule has 2 atom stereocenters. The van der Waals surface area contributed by atoms with Gasteiger partial charge in [0.25, 0.3) is 5.91 Å². The molecule has 8 heteroatoms. The van der Waals surface area contributed by atoms with Gasteiger partial charge in [0.05, 0.1) is 24.8 Å². The summed E-state index contributed by atoms with van der Waals surface area (Å²) >= 11 is 6.13. The molecule has 7 nitrogen and oxygen atoms in total. The Kier molecular flexibility index (Phi) is 6.01. The molecular formula is C16H21ClN2O5. The molecule has 1 aliphatic heterocycles. The third-order valence-corrected chi connectivity index (χ3v) is 3.70. The van der Waals surface area contributed by atoms with E-state index in [0.29, 0.717) is 19.1 Å². The molecule has 24 heavy (non-hydrogen) atoms. The summed E-state index contributed by atoms with van der Waals surface area (Å²) in [6.45, 7) is 6.51. The molecule has 2 heterocycles. The standard InChI is InChI=1S/C16H21ClN2O5/c1-9(2)8-23-14-12(17)4-11(5-18-14)15(20)19-6-10(3)24-13(7-19)16(21)22/h4-5,9-10,13H,6-8H2,1-3H3,(H,21,22)/t10-,13?/m1/s1. The molecule has 1 fully saturated rings. The van der Waals surface area contributed by atoms with Gasteiger partial charge in [-0.05, 0) is 18.9 Å². The highest BCUT2D eigenvalue weighted by molar-refractivity contribution is 6.32. The number of ether oxygens (including phenoxy) is 2. The quantitative estimate of drug-likeness (QED) is 0.868. The van der Waals surface area contributed by atoms with E-state index in [4.69, 9.17) is 26.2 Å². The number of carbonyl (C=O) groups is 2. The van der Waals surface area contributed by atoms with Crippen molar-refractivity contribution in [3.05, 3.63) is 22.8 Å². The van der Waals surface area contributed by atoms with Gasteiger partial charge in [0.1, 0.15) is 5.02 Å². The molecule has 0 aromatic carbocycles. The summed E-state index contributed by atoms with van der Waals surface area (Å²) in [6.07, 6.45) is -0.00424. The average Bonchev–Trinajstić information content (AvgIpc) is 2.52. The first-order valence-corrected chi connectivity index (χ1v) is 8.11. The van der Waals surface area contributed by atoms with Crippen molar-refractivity contribution in [3.8, 4) is 5.88 Å². The average molecular weight is 357 g/mol. The Morgan fingerprint density at radius 2 is 2.21 bits per heavy atom. The van der Waals surface area contributed by atoms with Gasteiger partial charge in [-0.1, -0.05) is 25.4 Å². The van der Waals surface area contributed by atoms with Gasteiger partial charge in [0.2, 0.25) is 5.88 Å². The Hall–Kier alpha value is -1.86. The predicted molar refractivity (Wildman–Crippen MR) is 87.5 cm³/mol. The maximum absolute atomic E-state index is 12.6. The van der Waals surface area contributed by atoms with Crippen LogP contribution in [0.2, 0.25) is 5.02 Å². The van der Waals surface area contributed by atoms with Crippen LogP contribution < -0.4 is 4.74 Å². The summed E-state index contributed by atoms with van der Waals surface area (Å²) < 4.78 is 10.8. The number of pyridine rings is 1. The first kappa shape index (κ1) is 18.5. The summed E-state index contributed by atoms with van der Waals surface area (Å²) in [5, 5.41) is 9.35. The maximum atomic E-state index is 12.6. The zero-order chi connectivity index (χ0) is 17.9. The largest absolute Gasteiger partial charge is 0.479 e. The number of carboxylic acids is 1. The first-order chi connectivity index (χ1) is 11.3. The molecule has 1 amide bonds. The van der Waals surface area contributed by atoms with E-state index in [2.05, 4.69) is 4.98 Å². The zero-order valence-electron chi connectivity index (χ0n) is 13.9. The molecule has 0 spiro atoms. The monoisotopic (exact) mass is 356 g/mol. The van der Waals surface area contributed by atoms with Crippen LogP contribution in [0.4, 0.5) is 0 Å². The molecule has 1 N–H and O–H groups in total. The molecule has 1 aliphatic rings. The predicted octanol–water partition coefficient (Wildman–Crippen LogP) is 2.08. The van der Waals surface area contributed by atoms with Crippen LogP contribution in [0, 0.1) is 5.92 Å². The number of morpholine rings is 1. The Bertz CT molecular complexity index is 622. The first-order valence-electron chi connectivity index (χ1n) is 7.73. The molecular weight excluding hydrogens is 336 g/mol. The van der Waals surface area contributed by atoms with Crippen LogP contribution in [0.5, 0.6) is 5.88 Å². The van der Waals surface area contributed by atoms with Gasteiger partial charge in [0.15, 0.2) is 6.10 Å². The second kappa shape index (κ2) is 7.81. The Labute approximate surface area is 145 Å². The van der Waals surface area contributed by atoms with Gasteiger partial charge >= 0.3 is 5.97 Å². The fourth-order valence-electron chi connectivity index (χ4n) is 2.33. The molecule has 0 saturated carbocycles.